The smallest absolute Gasteiger partial charge is 0.119 e. The van der Waals surface area contributed by atoms with Crippen LogP contribution in [-0.4, -0.2) is 7.11 Å². The maximum absolute atomic E-state index is 5.98. The van der Waals surface area contributed by atoms with Crippen molar-refractivity contribution in [3.05, 3.63) is 78.4 Å². The lowest BCUT2D eigenvalue weighted by Gasteiger charge is -2.26. The molecule has 2 N–H and O–H groups in total. The molecule has 3 nitrogen and oxygen atoms in total. The molecule has 0 saturated heterocycles. The minimum absolute atomic E-state index is 0.744. The zero-order valence-corrected chi connectivity index (χ0v) is 13.4. The van der Waals surface area contributed by atoms with E-state index in [1.165, 1.54) is 5.56 Å². The first-order valence-corrected chi connectivity index (χ1v) is 7.54. The molecule has 3 heteroatoms. The minimum atomic E-state index is 0.744. The lowest BCUT2D eigenvalue weighted by atomic mass is 10.1. The molecule has 0 aromatic heterocycles. The van der Waals surface area contributed by atoms with Crippen LogP contribution in [0, 0.1) is 6.92 Å². The van der Waals surface area contributed by atoms with Gasteiger partial charge in [0.2, 0.25) is 0 Å². The van der Waals surface area contributed by atoms with Crippen molar-refractivity contribution in [3.63, 3.8) is 0 Å². The number of aryl methyl sites for hydroxylation is 1. The van der Waals surface area contributed by atoms with E-state index in [1.54, 1.807) is 7.11 Å². The second-order valence-corrected chi connectivity index (χ2v) is 5.46. The van der Waals surface area contributed by atoms with E-state index in [4.69, 9.17) is 10.5 Å². The number of hydrogen-bond donors (Lipinski definition) is 1. The highest BCUT2D eigenvalue weighted by Gasteiger charge is 2.12. The molecule has 0 amide bonds. The van der Waals surface area contributed by atoms with Gasteiger partial charge in [-0.2, -0.15) is 0 Å². The number of nitrogen functional groups attached to an aromatic ring is 1. The third-order valence-electron chi connectivity index (χ3n) is 3.75. The Hall–Kier alpha value is -2.94. The molecule has 0 aliphatic carbocycles. The molecular weight excluding hydrogens is 284 g/mol. The predicted octanol–water partition coefficient (Wildman–Crippen LogP) is 5.06. The molecule has 0 aliphatic rings. The summed E-state index contributed by atoms with van der Waals surface area (Å²) in [6.45, 7) is 2.09. The number of nitrogens with zero attached hydrogens (tertiary/aromatic N) is 1. The van der Waals surface area contributed by atoms with Gasteiger partial charge in [-0.05, 0) is 61.5 Å². The van der Waals surface area contributed by atoms with Crippen molar-refractivity contribution in [2.75, 3.05) is 17.7 Å². The quantitative estimate of drug-likeness (QED) is 0.685. The Morgan fingerprint density at radius 2 is 1.39 bits per heavy atom. The van der Waals surface area contributed by atoms with Crippen LogP contribution in [0.5, 0.6) is 5.75 Å². The van der Waals surface area contributed by atoms with Gasteiger partial charge in [0.05, 0.1) is 7.11 Å². The van der Waals surface area contributed by atoms with Crippen LogP contribution in [0.4, 0.5) is 22.7 Å². The van der Waals surface area contributed by atoms with Gasteiger partial charge in [0.1, 0.15) is 5.75 Å². The molecule has 0 atom stereocenters. The highest BCUT2D eigenvalue weighted by Crippen LogP contribution is 2.35. The molecule has 0 saturated carbocycles. The van der Waals surface area contributed by atoms with Crippen molar-refractivity contribution >= 4 is 22.7 Å². The lowest BCUT2D eigenvalue weighted by molar-refractivity contribution is 0.415. The van der Waals surface area contributed by atoms with Crippen LogP contribution >= 0.6 is 0 Å². The van der Waals surface area contributed by atoms with Crippen LogP contribution < -0.4 is 15.4 Å². The van der Waals surface area contributed by atoms with Crippen molar-refractivity contribution < 1.29 is 4.74 Å². The van der Waals surface area contributed by atoms with Gasteiger partial charge < -0.3 is 15.4 Å². The Morgan fingerprint density at radius 1 is 0.783 bits per heavy atom. The Morgan fingerprint density at radius 3 is 1.96 bits per heavy atom. The third-order valence-corrected chi connectivity index (χ3v) is 3.75. The SMILES string of the molecule is COc1ccc(N(c2ccc(C)cc2)c2cccc(N)c2)cc1. The average Bonchev–Trinajstić information content (AvgIpc) is 2.58. The van der Waals surface area contributed by atoms with Crippen LogP contribution in [0.2, 0.25) is 0 Å². The molecule has 0 bridgehead atoms. The highest BCUT2D eigenvalue weighted by atomic mass is 16.5. The van der Waals surface area contributed by atoms with E-state index in [0.717, 1.165) is 28.5 Å². The second kappa shape index (κ2) is 6.44. The number of nitrogens with two attached hydrogens (primary N) is 1. The maximum Gasteiger partial charge on any atom is 0.119 e. The molecule has 23 heavy (non-hydrogen) atoms. The van der Waals surface area contributed by atoms with E-state index < -0.39 is 0 Å². The summed E-state index contributed by atoms with van der Waals surface area (Å²) in [6, 6.07) is 24.3. The molecule has 3 aromatic carbocycles. The van der Waals surface area contributed by atoms with Crippen LogP contribution in [-0.2, 0) is 0 Å². The molecule has 0 unspecified atom stereocenters. The van der Waals surface area contributed by atoms with Crippen LogP contribution in [0.3, 0.4) is 0 Å². The Labute approximate surface area is 136 Å². The Kier molecular flexibility index (Phi) is 4.20. The fourth-order valence-corrected chi connectivity index (χ4v) is 2.54. The molecule has 0 fully saturated rings. The summed E-state index contributed by atoms with van der Waals surface area (Å²) in [5, 5.41) is 0. The monoisotopic (exact) mass is 304 g/mol. The number of methoxy groups -OCH3 is 1. The van der Waals surface area contributed by atoms with Crippen LogP contribution in [0.1, 0.15) is 5.56 Å². The van der Waals surface area contributed by atoms with Gasteiger partial charge in [0.15, 0.2) is 0 Å². The summed E-state index contributed by atoms with van der Waals surface area (Å²) >= 11 is 0. The van der Waals surface area contributed by atoms with E-state index in [1.807, 2.05) is 42.5 Å². The summed E-state index contributed by atoms with van der Waals surface area (Å²) in [6.07, 6.45) is 0. The average molecular weight is 304 g/mol. The largest absolute Gasteiger partial charge is 0.497 e. The van der Waals surface area contributed by atoms with Crippen molar-refractivity contribution in [1.82, 2.24) is 0 Å². The van der Waals surface area contributed by atoms with Crippen molar-refractivity contribution in [2.45, 2.75) is 6.92 Å². The summed E-state index contributed by atoms with van der Waals surface area (Å²) < 4.78 is 5.26. The number of anilines is 4. The van der Waals surface area contributed by atoms with E-state index in [2.05, 4.69) is 42.2 Å². The number of hydrogen-bond acceptors (Lipinski definition) is 3. The molecule has 116 valence electrons. The second-order valence-electron chi connectivity index (χ2n) is 5.46. The van der Waals surface area contributed by atoms with E-state index >= 15 is 0 Å². The summed E-state index contributed by atoms with van der Waals surface area (Å²) in [7, 11) is 1.67. The number of ether oxygens (including phenoxy) is 1. The van der Waals surface area contributed by atoms with Gasteiger partial charge in [-0.25, -0.2) is 0 Å². The van der Waals surface area contributed by atoms with Gasteiger partial charge in [-0.3, -0.25) is 0 Å². The Balaban J connectivity index is 2.10. The molecule has 0 heterocycles. The zero-order valence-electron chi connectivity index (χ0n) is 13.4. The lowest BCUT2D eigenvalue weighted by Crippen LogP contribution is -2.10. The predicted molar refractivity (Wildman–Crippen MR) is 96.8 cm³/mol. The van der Waals surface area contributed by atoms with Gasteiger partial charge in [-0.15, -0.1) is 0 Å². The normalized spacial score (nSPS) is 10.3. The van der Waals surface area contributed by atoms with Crippen LogP contribution in [0.15, 0.2) is 72.8 Å². The topological polar surface area (TPSA) is 38.5 Å². The van der Waals surface area contributed by atoms with Gasteiger partial charge in [0.25, 0.3) is 0 Å². The van der Waals surface area contributed by atoms with E-state index in [0.29, 0.717) is 0 Å². The number of benzene rings is 3. The van der Waals surface area contributed by atoms with E-state index in [9.17, 15) is 0 Å². The van der Waals surface area contributed by atoms with E-state index in [-0.39, 0.29) is 0 Å². The highest BCUT2D eigenvalue weighted by molar-refractivity contribution is 5.78. The number of rotatable bonds is 4. The Bertz CT molecular complexity index is 779. The third kappa shape index (κ3) is 3.29. The summed E-state index contributed by atoms with van der Waals surface area (Å²) in [5.74, 6) is 0.838. The first-order chi connectivity index (χ1) is 11.2. The summed E-state index contributed by atoms with van der Waals surface area (Å²) in [4.78, 5) is 2.18. The van der Waals surface area contributed by atoms with Crippen molar-refractivity contribution in [1.29, 1.82) is 0 Å². The van der Waals surface area contributed by atoms with Gasteiger partial charge >= 0.3 is 0 Å². The molecule has 0 aliphatic heterocycles. The summed E-state index contributed by atoms with van der Waals surface area (Å²) in [5.41, 5.74) is 11.1. The fourth-order valence-electron chi connectivity index (χ4n) is 2.54. The van der Waals surface area contributed by atoms with Gasteiger partial charge in [-0.1, -0.05) is 23.8 Å². The maximum atomic E-state index is 5.98. The molecule has 3 rings (SSSR count). The standard InChI is InChI=1S/C20H20N2O/c1-15-6-8-17(9-7-15)22(19-5-3-4-16(21)14-19)18-10-12-20(23-2)13-11-18/h3-14H,21H2,1-2H3. The van der Waals surface area contributed by atoms with Gasteiger partial charge in [0, 0.05) is 22.7 Å². The molecular formula is C20H20N2O. The van der Waals surface area contributed by atoms with Crippen LogP contribution in [0.25, 0.3) is 0 Å². The first-order valence-electron chi connectivity index (χ1n) is 7.54. The van der Waals surface area contributed by atoms with Crippen molar-refractivity contribution in [2.24, 2.45) is 0 Å². The fraction of sp³-hybridized carbons (Fsp3) is 0.100. The van der Waals surface area contributed by atoms with Crippen molar-refractivity contribution in [3.8, 4) is 5.75 Å². The molecule has 3 aromatic rings. The zero-order chi connectivity index (χ0) is 16.2. The molecule has 0 radical (unpaired) electrons. The minimum Gasteiger partial charge on any atom is -0.497 e. The first kappa shape index (κ1) is 15.0. The molecule has 0 spiro atoms.